The number of rotatable bonds is 3. The third-order valence-electron chi connectivity index (χ3n) is 4.97. The zero-order chi connectivity index (χ0) is 17.5. The fourth-order valence-electron chi connectivity index (χ4n) is 3.40. The summed E-state index contributed by atoms with van der Waals surface area (Å²) in [5, 5.41) is 10.3. The van der Waals surface area contributed by atoms with Gasteiger partial charge in [-0.2, -0.15) is 5.26 Å². The van der Waals surface area contributed by atoms with Crippen LogP contribution in [0.4, 0.5) is 0 Å². The van der Waals surface area contributed by atoms with E-state index < -0.39 is 0 Å². The van der Waals surface area contributed by atoms with Crippen LogP contribution in [0, 0.1) is 21.8 Å². The summed E-state index contributed by atoms with van der Waals surface area (Å²) >= 11 is 2.43. The van der Waals surface area contributed by atoms with E-state index in [-0.39, 0.29) is 5.41 Å². The molecule has 1 aromatic heterocycles. The smallest absolute Gasteiger partial charge is 0.0992 e. The minimum Gasteiger partial charge on any atom is -0.357 e. The fraction of sp³-hybridized carbons (Fsp3) is 0.286. The van der Waals surface area contributed by atoms with Gasteiger partial charge in [0.15, 0.2) is 0 Å². The minimum absolute atomic E-state index is 0.123. The summed E-state index contributed by atoms with van der Waals surface area (Å²) in [4.78, 5) is 3.57. The van der Waals surface area contributed by atoms with Gasteiger partial charge in [0.2, 0.25) is 0 Å². The SMILES string of the molecule is CCc1ccc(C(C)(C)c2[nH]c3cc(C#N)ccc3c2C)cc1I. The van der Waals surface area contributed by atoms with Crippen LogP contribution in [0.15, 0.2) is 36.4 Å². The van der Waals surface area contributed by atoms with Gasteiger partial charge in [-0.05, 0) is 70.8 Å². The molecule has 0 bridgehead atoms. The van der Waals surface area contributed by atoms with Gasteiger partial charge in [0.25, 0.3) is 0 Å². The lowest BCUT2D eigenvalue weighted by Gasteiger charge is -2.26. The first-order valence-electron chi connectivity index (χ1n) is 8.20. The number of halogens is 1. The maximum Gasteiger partial charge on any atom is 0.0992 e. The Kier molecular flexibility index (Phi) is 4.44. The first-order chi connectivity index (χ1) is 11.4. The molecule has 0 aliphatic heterocycles. The van der Waals surface area contributed by atoms with Crippen LogP contribution in [0.5, 0.6) is 0 Å². The van der Waals surface area contributed by atoms with Crippen molar-refractivity contribution in [2.24, 2.45) is 0 Å². The number of nitrogens with zero attached hydrogens (tertiary/aromatic N) is 1. The highest BCUT2D eigenvalue weighted by Gasteiger charge is 2.28. The van der Waals surface area contributed by atoms with E-state index in [0.29, 0.717) is 5.56 Å². The summed E-state index contributed by atoms with van der Waals surface area (Å²) in [7, 11) is 0. The molecule has 1 N–H and O–H groups in total. The number of nitriles is 1. The third-order valence-corrected chi connectivity index (χ3v) is 5.97. The number of H-pyrrole nitrogens is 1. The summed E-state index contributed by atoms with van der Waals surface area (Å²) in [6.45, 7) is 8.87. The van der Waals surface area contributed by atoms with E-state index in [2.05, 4.69) is 79.5 Å². The summed E-state index contributed by atoms with van der Waals surface area (Å²) in [6, 6.07) is 14.9. The number of nitrogens with one attached hydrogen (secondary N) is 1. The highest BCUT2D eigenvalue weighted by Crippen LogP contribution is 2.37. The van der Waals surface area contributed by atoms with Gasteiger partial charge in [0, 0.05) is 25.6 Å². The van der Waals surface area contributed by atoms with Crippen molar-refractivity contribution in [3.63, 3.8) is 0 Å². The summed E-state index contributed by atoms with van der Waals surface area (Å²) in [5.74, 6) is 0. The van der Waals surface area contributed by atoms with E-state index in [0.717, 1.165) is 11.9 Å². The van der Waals surface area contributed by atoms with Crippen LogP contribution >= 0.6 is 22.6 Å². The summed E-state index contributed by atoms with van der Waals surface area (Å²) in [5.41, 5.74) is 6.77. The first kappa shape index (κ1) is 17.0. The zero-order valence-corrected chi connectivity index (χ0v) is 16.7. The molecule has 0 atom stereocenters. The quantitative estimate of drug-likeness (QED) is 0.523. The molecule has 0 amide bonds. The van der Waals surface area contributed by atoms with Crippen molar-refractivity contribution in [1.82, 2.24) is 4.98 Å². The Balaban J connectivity index is 2.16. The molecule has 122 valence electrons. The molecule has 0 aliphatic carbocycles. The molecule has 0 unspecified atom stereocenters. The molecule has 2 aromatic carbocycles. The standard InChI is InChI=1S/C21H21IN2/c1-5-15-7-8-16(11-18(15)22)21(3,4)20-13(2)17-9-6-14(12-23)10-19(17)24-20/h6-11,24H,5H2,1-4H3. The Morgan fingerprint density at radius 2 is 1.92 bits per heavy atom. The molecule has 3 rings (SSSR count). The van der Waals surface area contributed by atoms with Crippen molar-refractivity contribution < 1.29 is 0 Å². The van der Waals surface area contributed by atoms with E-state index in [4.69, 9.17) is 5.26 Å². The Bertz CT molecular complexity index is 958. The maximum atomic E-state index is 9.13. The van der Waals surface area contributed by atoms with E-state index in [9.17, 15) is 0 Å². The van der Waals surface area contributed by atoms with Crippen LogP contribution in [0.2, 0.25) is 0 Å². The van der Waals surface area contributed by atoms with Gasteiger partial charge in [-0.15, -0.1) is 0 Å². The zero-order valence-electron chi connectivity index (χ0n) is 14.5. The van der Waals surface area contributed by atoms with Crippen molar-refractivity contribution in [3.8, 4) is 6.07 Å². The van der Waals surface area contributed by atoms with Crippen molar-refractivity contribution in [1.29, 1.82) is 5.26 Å². The molecular weight excluding hydrogens is 407 g/mol. The van der Waals surface area contributed by atoms with Crippen LogP contribution in [0.3, 0.4) is 0 Å². The summed E-state index contributed by atoms with van der Waals surface area (Å²) in [6.07, 6.45) is 1.06. The van der Waals surface area contributed by atoms with Gasteiger partial charge >= 0.3 is 0 Å². The lowest BCUT2D eigenvalue weighted by molar-refractivity contribution is 0.618. The monoisotopic (exact) mass is 428 g/mol. The lowest BCUT2D eigenvalue weighted by atomic mass is 9.79. The van der Waals surface area contributed by atoms with Gasteiger partial charge in [-0.3, -0.25) is 0 Å². The second-order valence-electron chi connectivity index (χ2n) is 6.78. The highest BCUT2D eigenvalue weighted by atomic mass is 127. The van der Waals surface area contributed by atoms with Crippen molar-refractivity contribution in [3.05, 3.63) is 67.9 Å². The predicted octanol–water partition coefficient (Wildman–Crippen LogP) is 5.84. The number of fused-ring (bicyclic) bond motifs is 1. The largest absolute Gasteiger partial charge is 0.357 e. The van der Waals surface area contributed by atoms with Crippen molar-refractivity contribution >= 4 is 33.5 Å². The summed E-state index contributed by atoms with van der Waals surface area (Å²) < 4.78 is 1.32. The molecule has 24 heavy (non-hydrogen) atoms. The molecule has 0 saturated carbocycles. The van der Waals surface area contributed by atoms with Crippen molar-refractivity contribution in [2.45, 2.75) is 39.5 Å². The molecule has 0 saturated heterocycles. The van der Waals surface area contributed by atoms with Crippen LogP contribution < -0.4 is 0 Å². The molecular formula is C21H21IN2. The van der Waals surface area contributed by atoms with E-state index in [1.807, 2.05) is 18.2 Å². The van der Waals surface area contributed by atoms with Gasteiger partial charge in [-0.25, -0.2) is 0 Å². The number of aromatic amines is 1. The van der Waals surface area contributed by atoms with E-state index >= 15 is 0 Å². The molecule has 3 aromatic rings. The first-order valence-corrected chi connectivity index (χ1v) is 9.28. The minimum atomic E-state index is -0.123. The van der Waals surface area contributed by atoms with Gasteiger partial charge in [0.05, 0.1) is 11.6 Å². The molecule has 2 nitrogen and oxygen atoms in total. The third kappa shape index (κ3) is 2.73. The van der Waals surface area contributed by atoms with Gasteiger partial charge in [-0.1, -0.05) is 39.0 Å². The number of benzene rings is 2. The number of hydrogen-bond acceptors (Lipinski definition) is 1. The normalized spacial score (nSPS) is 11.7. The van der Waals surface area contributed by atoms with Crippen LogP contribution in [0.25, 0.3) is 10.9 Å². The molecule has 0 spiro atoms. The number of aryl methyl sites for hydroxylation is 2. The maximum absolute atomic E-state index is 9.13. The molecule has 3 heteroatoms. The average Bonchev–Trinajstić information content (AvgIpc) is 2.91. The van der Waals surface area contributed by atoms with Gasteiger partial charge in [0.1, 0.15) is 0 Å². The van der Waals surface area contributed by atoms with E-state index in [1.54, 1.807) is 0 Å². The van der Waals surface area contributed by atoms with Crippen LogP contribution in [-0.2, 0) is 11.8 Å². The van der Waals surface area contributed by atoms with Crippen LogP contribution in [-0.4, -0.2) is 4.98 Å². The number of aromatic nitrogens is 1. The Hall–Kier alpha value is -1.80. The van der Waals surface area contributed by atoms with Crippen LogP contribution in [0.1, 0.15) is 48.7 Å². The molecule has 0 radical (unpaired) electrons. The average molecular weight is 428 g/mol. The lowest BCUT2D eigenvalue weighted by Crippen LogP contribution is -2.21. The highest BCUT2D eigenvalue weighted by molar-refractivity contribution is 14.1. The molecule has 0 fully saturated rings. The molecule has 1 heterocycles. The Morgan fingerprint density at radius 3 is 2.54 bits per heavy atom. The van der Waals surface area contributed by atoms with E-state index in [1.165, 1.54) is 31.3 Å². The fourth-order valence-corrected chi connectivity index (χ4v) is 4.30. The van der Waals surface area contributed by atoms with Gasteiger partial charge < -0.3 is 4.98 Å². The predicted molar refractivity (Wildman–Crippen MR) is 108 cm³/mol. The number of hydrogen-bond donors (Lipinski definition) is 1. The second kappa shape index (κ2) is 6.25. The topological polar surface area (TPSA) is 39.6 Å². The molecule has 0 aliphatic rings. The Morgan fingerprint density at radius 1 is 1.17 bits per heavy atom. The second-order valence-corrected chi connectivity index (χ2v) is 7.94. The van der Waals surface area contributed by atoms with Crippen molar-refractivity contribution in [2.75, 3.05) is 0 Å². The Labute approximate surface area is 157 Å².